The third kappa shape index (κ3) is 15.9. The first-order valence-corrected chi connectivity index (χ1v) is 16.0. The van der Waals surface area contributed by atoms with Crippen molar-refractivity contribution in [1.29, 1.82) is 0 Å². The molecule has 6 nitrogen and oxygen atoms in total. The molecule has 8 heteroatoms. The molecule has 0 aromatic rings. The van der Waals surface area contributed by atoms with E-state index in [2.05, 4.69) is 20.8 Å². The quantitative estimate of drug-likeness (QED) is 0.164. The van der Waals surface area contributed by atoms with Crippen LogP contribution in [0.1, 0.15) is 88.0 Å². The topological polar surface area (TPSA) is 55.4 Å². The number of unbranched alkanes of at least 4 members (excludes halogenated alkanes) is 3. The molecular formula is C22H52O6Si2. The molecule has 0 unspecified atom stereocenters. The normalized spacial score (nSPS) is 12.2. The largest absolute Gasteiger partial charge is 0.501 e. The molecule has 0 amide bonds. The monoisotopic (exact) mass is 468 g/mol. The third-order valence-corrected chi connectivity index (χ3v) is 10.8. The van der Waals surface area contributed by atoms with Crippen LogP contribution in [0.25, 0.3) is 0 Å². The van der Waals surface area contributed by atoms with Crippen molar-refractivity contribution >= 4 is 17.6 Å². The first kappa shape index (κ1) is 32.4. The smallest absolute Gasteiger partial charge is 0.374 e. The molecule has 0 aromatic carbocycles. The minimum atomic E-state index is -2.36. The lowest BCUT2D eigenvalue weighted by Gasteiger charge is -2.29. The van der Waals surface area contributed by atoms with Crippen molar-refractivity contribution in [2.45, 2.75) is 100 Å². The Labute approximate surface area is 190 Å². The van der Waals surface area contributed by atoms with Crippen LogP contribution < -0.4 is 0 Å². The standard InChI is InChI=1S/C12H28O3Si.C10H24O3Si/c1-5-9-10-11-12-16(13-6-2,14-7-3)15-8-4;1-6-11-14(12-7-2,13-8-3)9-10(4)5/h5-12H2,1-4H3;10H,6-9H2,1-5H3. The van der Waals surface area contributed by atoms with E-state index < -0.39 is 17.6 Å². The lowest BCUT2D eigenvalue weighted by atomic mass is 10.2. The van der Waals surface area contributed by atoms with Gasteiger partial charge in [0.25, 0.3) is 0 Å². The molecule has 0 aromatic heterocycles. The molecule has 0 atom stereocenters. The molecule has 0 spiro atoms. The molecular weight excluding hydrogens is 416 g/mol. The van der Waals surface area contributed by atoms with Crippen LogP contribution in [0.2, 0.25) is 12.1 Å². The van der Waals surface area contributed by atoms with E-state index in [-0.39, 0.29) is 0 Å². The van der Waals surface area contributed by atoms with Crippen LogP contribution >= 0.6 is 0 Å². The summed E-state index contributed by atoms with van der Waals surface area (Å²) in [5.41, 5.74) is 0. The van der Waals surface area contributed by atoms with Crippen molar-refractivity contribution in [3.8, 4) is 0 Å². The van der Waals surface area contributed by atoms with Gasteiger partial charge in [0.1, 0.15) is 0 Å². The summed E-state index contributed by atoms with van der Waals surface area (Å²) in [6.07, 6.45) is 4.94. The van der Waals surface area contributed by atoms with E-state index in [0.717, 1.165) is 18.5 Å². The molecule has 0 saturated carbocycles. The van der Waals surface area contributed by atoms with Gasteiger partial charge in [-0.05, 0) is 53.9 Å². The van der Waals surface area contributed by atoms with Crippen molar-refractivity contribution in [3.63, 3.8) is 0 Å². The lowest BCUT2D eigenvalue weighted by Crippen LogP contribution is -2.46. The fraction of sp³-hybridized carbons (Fsp3) is 1.00. The van der Waals surface area contributed by atoms with Crippen LogP contribution in [0, 0.1) is 5.92 Å². The van der Waals surface area contributed by atoms with Crippen LogP contribution in [0.4, 0.5) is 0 Å². The predicted molar refractivity (Wildman–Crippen MR) is 130 cm³/mol. The van der Waals surface area contributed by atoms with Gasteiger partial charge >= 0.3 is 17.6 Å². The van der Waals surface area contributed by atoms with Crippen LogP contribution in [0.15, 0.2) is 0 Å². The Morgan fingerprint density at radius 2 is 0.867 bits per heavy atom. The summed E-state index contributed by atoms with van der Waals surface area (Å²) >= 11 is 0. The molecule has 184 valence electrons. The average Bonchev–Trinajstić information content (AvgIpc) is 2.66. The predicted octanol–water partition coefficient (Wildman–Crippen LogP) is 6.31. The Hall–Kier alpha value is 0.194. The van der Waals surface area contributed by atoms with Gasteiger partial charge in [0.05, 0.1) is 0 Å². The first-order chi connectivity index (χ1) is 14.3. The van der Waals surface area contributed by atoms with E-state index >= 15 is 0 Å². The van der Waals surface area contributed by atoms with Gasteiger partial charge < -0.3 is 26.6 Å². The molecule has 0 aliphatic carbocycles. The Balaban J connectivity index is 0. The zero-order chi connectivity index (χ0) is 23.3. The van der Waals surface area contributed by atoms with Crippen molar-refractivity contribution in [3.05, 3.63) is 0 Å². The summed E-state index contributed by atoms with van der Waals surface area (Å²) in [4.78, 5) is 0. The first-order valence-electron chi connectivity index (χ1n) is 12.2. The van der Waals surface area contributed by atoms with E-state index in [9.17, 15) is 0 Å². The summed E-state index contributed by atoms with van der Waals surface area (Å²) in [6, 6.07) is 1.87. The maximum absolute atomic E-state index is 5.79. The van der Waals surface area contributed by atoms with Crippen molar-refractivity contribution in [2.24, 2.45) is 5.92 Å². The van der Waals surface area contributed by atoms with Gasteiger partial charge in [0.2, 0.25) is 0 Å². The molecule has 0 aliphatic rings. The second-order valence-corrected chi connectivity index (χ2v) is 12.7. The molecule has 0 rings (SSSR count). The van der Waals surface area contributed by atoms with E-state index in [4.69, 9.17) is 26.6 Å². The summed E-state index contributed by atoms with van der Waals surface area (Å²) in [7, 11) is -4.70. The Morgan fingerprint density at radius 1 is 0.500 bits per heavy atom. The zero-order valence-electron chi connectivity index (χ0n) is 21.5. The van der Waals surface area contributed by atoms with Gasteiger partial charge in [0, 0.05) is 51.7 Å². The molecule has 0 aliphatic heterocycles. The summed E-state index contributed by atoms with van der Waals surface area (Å²) < 4.78 is 34.5. The summed E-state index contributed by atoms with van der Waals surface area (Å²) in [6.45, 7) is 22.6. The van der Waals surface area contributed by atoms with Crippen LogP contribution in [-0.2, 0) is 26.6 Å². The van der Waals surface area contributed by atoms with Crippen molar-refractivity contribution in [1.82, 2.24) is 0 Å². The van der Waals surface area contributed by atoms with Gasteiger partial charge in [-0.15, -0.1) is 0 Å². The molecule has 0 fully saturated rings. The summed E-state index contributed by atoms with van der Waals surface area (Å²) in [5.74, 6) is 0.548. The summed E-state index contributed by atoms with van der Waals surface area (Å²) in [5, 5.41) is 0. The van der Waals surface area contributed by atoms with Gasteiger partial charge in [-0.1, -0.05) is 40.0 Å². The van der Waals surface area contributed by atoms with Gasteiger partial charge in [-0.3, -0.25) is 0 Å². The van der Waals surface area contributed by atoms with Crippen LogP contribution in [0.5, 0.6) is 0 Å². The fourth-order valence-electron chi connectivity index (χ4n) is 3.23. The highest BCUT2D eigenvalue weighted by atomic mass is 28.4. The highest BCUT2D eigenvalue weighted by Gasteiger charge is 2.41. The van der Waals surface area contributed by atoms with E-state index in [1.54, 1.807) is 0 Å². The maximum Gasteiger partial charge on any atom is 0.501 e. The third-order valence-electron chi connectivity index (χ3n) is 4.18. The Kier molecular flexibility index (Phi) is 22.7. The van der Waals surface area contributed by atoms with Crippen molar-refractivity contribution < 1.29 is 26.6 Å². The van der Waals surface area contributed by atoms with Gasteiger partial charge in [0.15, 0.2) is 0 Å². The molecule has 0 heterocycles. The van der Waals surface area contributed by atoms with E-state index in [1.807, 2.05) is 41.5 Å². The molecule has 0 N–H and O–H groups in total. The van der Waals surface area contributed by atoms with Crippen LogP contribution in [0.3, 0.4) is 0 Å². The van der Waals surface area contributed by atoms with Crippen LogP contribution in [-0.4, -0.2) is 57.3 Å². The second kappa shape index (κ2) is 21.1. The highest BCUT2D eigenvalue weighted by Crippen LogP contribution is 2.21. The SMILES string of the molecule is CCCCCC[Si](OCC)(OCC)OCC.CCO[Si](CC(C)C)(OCC)OCC. The molecule has 30 heavy (non-hydrogen) atoms. The van der Waals surface area contributed by atoms with E-state index in [0.29, 0.717) is 45.6 Å². The van der Waals surface area contributed by atoms with E-state index in [1.165, 1.54) is 19.3 Å². The number of hydrogen-bond donors (Lipinski definition) is 0. The maximum atomic E-state index is 5.79. The molecule has 0 saturated heterocycles. The Morgan fingerprint density at radius 3 is 1.17 bits per heavy atom. The average molecular weight is 469 g/mol. The number of rotatable bonds is 19. The Bertz CT molecular complexity index is 324. The molecule has 0 radical (unpaired) electrons. The molecule has 0 bridgehead atoms. The second-order valence-electron chi connectivity index (χ2n) is 7.37. The lowest BCUT2D eigenvalue weighted by molar-refractivity contribution is 0.0680. The van der Waals surface area contributed by atoms with Gasteiger partial charge in [-0.2, -0.15) is 0 Å². The zero-order valence-corrected chi connectivity index (χ0v) is 23.5. The van der Waals surface area contributed by atoms with Crippen molar-refractivity contribution in [2.75, 3.05) is 39.6 Å². The van der Waals surface area contributed by atoms with Gasteiger partial charge in [-0.25, -0.2) is 0 Å². The number of hydrogen-bond acceptors (Lipinski definition) is 6. The highest BCUT2D eigenvalue weighted by molar-refractivity contribution is 6.61. The fourth-order valence-corrected chi connectivity index (χ4v) is 8.84. The minimum absolute atomic E-state index is 0.548. The minimum Gasteiger partial charge on any atom is -0.374 e.